The van der Waals surface area contributed by atoms with Crippen LogP contribution in [0.3, 0.4) is 0 Å². The van der Waals surface area contributed by atoms with E-state index in [1.165, 1.54) is 6.92 Å². The van der Waals surface area contributed by atoms with Gasteiger partial charge in [-0.05, 0) is 6.92 Å². The summed E-state index contributed by atoms with van der Waals surface area (Å²) in [5.74, 6) is -0.504. The average molecular weight is 246 g/mol. The van der Waals surface area contributed by atoms with Gasteiger partial charge in [-0.3, -0.25) is 0 Å². The Hall–Kier alpha value is -0.950. The molecule has 0 bridgehead atoms. The maximum Gasteiger partial charge on any atom is 0.333 e. The number of aliphatic hydroxyl groups excluding tert-OH is 3. The maximum absolute atomic E-state index is 11.1. The van der Waals surface area contributed by atoms with E-state index in [4.69, 9.17) is 9.47 Å². The highest BCUT2D eigenvalue weighted by Gasteiger charge is 2.37. The van der Waals surface area contributed by atoms with Crippen LogP contribution in [0.2, 0.25) is 0 Å². The number of esters is 1. The van der Waals surface area contributed by atoms with Gasteiger partial charge >= 0.3 is 5.97 Å². The van der Waals surface area contributed by atoms with Crippen LogP contribution in [0, 0.1) is 0 Å². The van der Waals surface area contributed by atoms with Gasteiger partial charge in [-0.25, -0.2) is 4.79 Å². The average Bonchev–Trinajstić information content (AvgIpc) is 2.28. The molecule has 0 aromatic carbocycles. The lowest BCUT2D eigenvalue weighted by Gasteiger charge is -2.35. The van der Waals surface area contributed by atoms with Gasteiger partial charge < -0.3 is 24.8 Å². The van der Waals surface area contributed by atoms with Crippen LogP contribution in [-0.2, 0) is 14.3 Å². The van der Waals surface area contributed by atoms with E-state index in [0.717, 1.165) is 0 Å². The molecular weight excluding hydrogens is 228 g/mol. The first-order valence-electron chi connectivity index (χ1n) is 5.42. The van der Waals surface area contributed by atoms with Crippen molar-refractivity contribution >= 4 is 5.97 Å². The van der Waals surface area contributed by atoms with E-state index in [0.29, 0.717) is 5.57 Å². The van der Waals surface area contributed by atoms with Crippen LogP contribution < -0.4 is 0 Å². The molecule has 17 heavy (non-hydrogen) atoms. The molecule has 1 heterocycles. The smallest absolute Gasteiger partial charge is 0.333 e. The minimum atomic E-state index is -1.23. The van der Waals surface area contributed by atoms with Gasteiger partial charge in [-0.1, -0.05) is 6.58 Å². The molecule has 0 saturated carbocycles. The van der Waals surface area contributed by atoms with E-state index in [-0.39, 0.29) is 19.6 Å². The molecule has 0 aromatic rings. The highest BCUT2D eigenvalue weighted by molar-refractivity contribution is 5.86. The number of hydrogen-bond donors (Lipinski definition) is 3. The fraction of sp³-hybridized carbons (Fsp3) is 0.727. The first-order valence-corrected chi connectivity index (χ1v) is 5.42. The van der Waals surface area contributed by atoms with Crippen molar-refractivity contribution < 1.29 is 29.6 Å². The first-order chi connectivity index (χ1) is 7.93. The lowest BCUT2D eigenvalue weighted by molar-refractivity contribution is -0.191. The van der Waals surface area contributed by atoms with E-state index >= 15 is 0 Å². The molecule has 0 amide bonds. The van der Waals surface area contributed by atoms with Crippen LogP contribution >= 0.6 is 0 Å². The molecule has 98 valence electrons. The predicted molar refractivity (Wildman–Crippen MR) is 58.2 cm³/mol. The van der Waals surface area contributed by atoms with Crippen molar-refractivity contribution in [3.05, 3.63) is 12.2 Å². The quantitative estimate of drug-likeness (QED) is 0.434. The van der Waals surface area contributed by atoms with Gasteiger partial charge in [0.1, 0.15) is 18.3 Å². The molecule has 1 rings (SSSR count). The van der Waals surface area contributed by atoms with Crippen molar-refractivity contribution in [2.24, 2.45) is 0 Å². The van der Waals surface area contributed by atoms with Gasteiger partial charge in [0, 0.05) is 12.0 Å². The van der Waals surface area contributed by atoms with Crippen LogP contribution in [0.15, 0.2) is 12.2 Å². The predicted octanol–water partition coefficient (Wildman–Crippen LogP) is -1.02. The molecule has 1 aliphatic rings. The molecule has 0 aliphatic carbocycles. The summed E-state index contributed by atoms with van der Waals surface area (Å²) in [5, 5.41) is 28.2. The summed E-state index contributed by atoms with van der Waals surface area (Å²) in [6.07, 6.45) is -3.89. The van der Waals surface area contributed by atoms with Crippen molar-refractivity contribution in [2.45, 2.75) is 37.8 Å². The largest absolute Gasteiger partial charge is 0.462 e. The summed E-state index contributed by atoms with van der Waals surface area (Å²) < 4.78 is 9.98. The Balaban J connectivity index is 2.32. The van der Waals surface area contributed by atoms with Gasteiger partial charge in [-0.2, -0.15) is 0 Å². The Kier molecular flexibility index (Phi) is 5.07. The molecular formula is C11H18O6. The Bertz CT molecular complexity index is 290. The Morgan fingerprint density at radius 1 is 1.41 bits per heavy atom. The molecule has 0 radical (unpaired) electrons. The Labute approximate surface area is 99.5 Å². The lowest BCUT2D eigenvalue weighted by Crippen LogP contribution is -2.53. The normalized spacial score (nSPS) is 33.2. The van der Waals surface area contributed by atoms with Crippen molar-refractivity contribution in [2.75, 3.05) is 13.2 Å². The Morgan fingerprint density at radius 2 is 2.06 bits per heavy atom. The second-order valence-electron chi connectivity index (χ2n) is 4.13. The van der Waals surface area contributed by atoms with Crippen molar-refractivity contribution in [1.29, 1.82) is 0 Å². The van der Waals surface area contributed by atoms with Gasteiger partial charge in [-0.15, -0.1) is 0 Å². The number of carbonyl (C=O) groups is 1. The van der Waals surface area contributed by atoms with Crippen LogP contribution in [-0.4, -0.2) is 58.9 Å². The molecule has 1 saturated heterocycles. The van der Waals surface area contributed by atoms with Crippen LogP contribution in [0.1, 0.15) is 13.3 Å². The zero-order valence-electron chi connectivity index (χ0n) is 9.70. The fourth-order valence-electron chi connectivity index (χ4n) is 1.51. The zero-order chi connectivity index (χ0) is 13.0. The van der Waals surface area contributed by atoms with E-state index in [1.54, 1.807) is 0 Å². The molecule has 1 unspecified atom stereocenters. The summed E-state index contributed by atoms with van der Waals surface area (Å²) in [6.45, 7) is 4.99. The van der Waals surface area contributed by atoms with Gasteiger partial charge in [0.2, 0.25) is 0 Å². The molecule has 1 aliphatic heterocycles. The van der Waals surface area contributed by atoms with E-state index < -0.39 is 30.4 Å². The highest BCUT2D eigenvalue weighted by atomic mass is 16.5. The molecule has 0 aromatic heterocycles. The number of rotatable bonds is 4. The van der Waals surface area contributed by atoms with Crippen molar-refractivity contribution in [1.82, 2.24) is 0 Å². The van der Waals surface area contributed by atoms with E-state index in [9.17, 15) is 20.1 Å². The summed E-state index contributed by atoms with van der Waals surface area (Å²) in [7, 11) is 0. The minimum absolute atomic E-state index is 0.0443. The second-order valence-corrected chi connectivity index (χ2v) is 4.13. The number of aliphatic hydroxyl groups is 3. The van der Waals surface area contributed by atoms with E-state index in [1.807, 2.05) is 0 Å². The third-order valence-corrected chi connectivity index (χ3v) is 2.59. The zero-order valence-corrected chi connectivity index (χ0v) is 9.70. The van der Waals surface area contributed by atoms with Gasteiger partial charge in [0.25, 0.3) is 0 Å². The van der Waals surface area contributed by atoms with Crippen molar-refractivity contribution in [3.8, 4) is 0 Å². The number of carbonyl (C=O) groups excluding carboxylic acids is 1. The summed E-state index contributed by atoms with van der Waals surface area (Å²) in [5.41, 5.74) is 0.297. The molecule has 6 heteroatoms. The topological polar surface area (TPSA) is 96.2 Å². The summed E-state index contributed by atoms with van der Waals surface area (Å²) in [4.78, 5) is 11.1. The minimum Gasteiger partial charge on any atom is -0.462 e. The lowest BCUT2D eigenvalue weighted by atomic mass is 9.98. The molecule has 3 N–H and O–H groups in total. The number of hydrogen-bond acceptors (Lipinski definition) is 6. The van der Waals surface area contributed by atoms with Gasteiger partial charge in [0.05, 0.1) is 19.3 Å². The monoisotopic (exact) mass is 246 g/mol. The standard InChI is InChI=1S/C11H18O6/c1-6(2)11(15)16-4-3-8-10(14)9(13)7(12)5-17-8/h7-10,12-14H,1,3-5H2,2H3/t7-,8?,9+,10+/m1/s1. The first kappa shape index (κ1) is 14.1. The second kappa shape index (κ2) is 6.11. The van der Waals surface area contributed by atoms with Crippen LogP contribution in [0.5, 0.6) is 0 Å². The molecule has 0 spiro atoms. The summed E-state index contributed by atoms with van der Waals surface area (Å²) in [6, 6.07) is 0. The van der Waals surface area contributed by atoms with Gasteiger partial charge in [0.15, 0.2) is 0 Å². The molecule has 1 fully saturated rings. The third kappa shape index (κ3) is 3.78. The third-order valence-electron chi connectivity index (χ3n) is 2.59. The van der Waals surface area contributed by atoms with Crippen LogP contribution in [0.4, 0.5) is 0 Å². The SMILES string of the molecule is C=C(C)C(=O)OCCC1OC[C@@H](O)[C@H](O)[C@H]1O. The fourth-order valence-corrected chi connectivity index (χ4v) is 1.51. The van der Waals surface area contributed by atoms with Crippen LogP contribution in [0.25, 0.3) is 0 Å². The Morgan fingerprint density at radius 3 is 2.65 bits per heavy atom. The molecule has 4 atom stereocenters. The maximum atomic E-state index is 11.1. The summed E-state index contributed by atoms with van der Waals surface area (Å²) >= 11 is 0. The molecule has 6 nitrogen and oxygen atoms in total. The number of ether oxygens (including phenoxy) is 2. The van der Waals surface area contributed by atoms with Crippen molar-refractivity contribution in [3.63, 3.8) is 0 Å². The highest BCUT2D eigenvalue weighted by Crippen LogP contribution is 2.18. The van der Waals surface area contributed by atoms with E-state index in [2.05, 4.69) is 6.58 Å².